The molecule has 0 saturated heterocycles. The lowest BCUT2D eigenvalue weighted by molar-refractivity contribution is 0.0736. The molecule has 0 bridgehead atoms. The monoisotopic (exact) mass is 391 g/mol. The van der Waals surface area contributed by atoms with E-state index in [0.29, 0.717) is 41.9 Å². The third-order valence-electron chi connectivity index (χ3n) is 5.22. The van der Waals surface area contributed by atoms with E-state index in [-0.39, 0.29) is 5.69 Å². The number of nitrogens with two attached hydrogens (primary N) is 1. The average Bonchev–Trinajstić information content (AvgIpc) is 3.46. The number of hydrogen-bond acceptors (Lipinski definition) is 6. The highest BCUT2D eigenvalue weighted by atomic mass is 16.3. The summed E-state index contributed by atoms with van der Waals surface area (Å²) in [6.07, 6.45) is 2.91. The Morgan fingerprint density at radius 3 is 2.76 bits per heavy atom. The van der Waals surface area contributed by atoms with E-state index < -0.39 is 5.60 Å². The molecule has 0 radical (unpaired) electrons. The molecule has 0 atom stereocenters. The maximum Gasteiger partial charge on any atom is 0.268 e. The first kappa shape index (κ1) is 19.2. The van der Waals surface area contributed by atoms with Crippen LogP contribution in [0.1, 0.15) is 55.3 Å². The summed E-state index contributed by atoms with van der Waals surface area (Å²) >= 11 is 0. The molecule has 0 spiro atoms. The maximum atomic E-state index is 10.1. The second kappa shape index (κ2) is 7.01. The minimum Gasteiger partial charge on any atom is -0.392 e. The molecule has 3 heterocycles. The number of nitrogens with one attached hydrogen (secondary N) is 1. The number of hydrogen-bond donors (Lipinski definition) is 3. The van der Waals surface area contributed by atoms with Gasteiger partial charge >= 0.3 is 0 Å². The smallest absolute Gasteiger partial charge is 0.268 e. The second-order valence-electron chi connectivity index (χ2n) is 8.08. The molecule has 8 nitrogen and oxygen atoms in total. The van der Waals surface area contributed by atoms with E-state index in [4.69, 9.17) is 12.3 Å². The van der Waals surface area contributed by atoms with Crippen LogP contribution in [0.5, 0.6) is 0 Å². The highest BCUT2D eigenvalue weighted by Crippen LogP contribution is 2.42. The highest BCUT2D eigenvalue weighted by Gasteiger charge is 2.30. The predicted molar refractivity (Wildman–Crippen MR) is 112 cm³/mol. The first-order chi connectivity index (χ1) is 13.8. The molecule has 1 saturated carbocycles. The second-order valence-corrected chi connectivity index (χ2v) is 8.08. The number of pyridine rings is 1. The van der Waals surface area contributed by atoms with Crippen molar-refractivity contribution in [2.75, 3.05) is 17.6 Å². The molecule has 1 aliphatic rings. The summed E-state index contributed by atoms with van der Waals surface area (Å²) in [7, 11) is 0. The number of nitrogen functional groups attached to an aromatic ring is 1. The van der Waals surface area contributed by atoms with Crippen LogP contribution in [-0.4, -0.2) is 31.2 Å². The molecule has 0 amide bonds. The van der Waals surface area contributed by atoms with Gasteiger partial charge in [-0.15, -0.1) is 0 Å². The van der Waals surface area contributed by atoms with Gasteiger partial charge in [0.2, 0.25) is 0 Å². The number of nitrogens with zero attached hydrogens (tertiary/aromatic N) is 5. The quantitative estimate of drug-likeness (QED) is 0.557. The molecule has 8 heteroatoms. The molecule has 0 aliphatic heterocycles. The van der Waals surface area contributed by atoms with Crippen molar-refractivity contribution in [3.8, 4) is 0 Å². The van der Waals surface area contributed by atoms with Crippen molar-refractivity contribution in [1.82, 2.24) is 19.6 Å². The normalized spacial score (nSPS) is 14.2. The molecule has 0 aromatic carbocycles. The number of fused-ring (bicyclic) bond motifs is 1. The first-order valence-electron chi connectivity index (χ1n) is 9.78. The summed E-state index contributed by atoms with van der Waals surface area (Å²) in [4.78, 5) is 12.8. The molecular weight excluding hydrogens is 366 g/mol. The minimum atomic E-state index is -0.986. The zero-order chi connectivity index (χ0) is 20.8. The van der Waals surface area contributed by atoms with E-state index >= 15 is 0 Å². The number of aliphatic hydroxyl groups is 1. The molecule has 4 rings (SSSR count). The van der Waals surface area contributed by atoms with Crippen LogP contribution in [0, 0.1) is 13.5 Å². The van der Waals surface area contributed by atoms with Gasteiger partial charge in [-0.1, -0.05) is 6.07 Å². The average molecular weight is 391 g/mol. The van der Waals surface area contributed by atoms with E-state index in [1.165, 1.54) is 0 Å². The molecule has 1 fully saturated rings. The van der Waals surface area contributed by atoms with Crippen LogP contribution in [0.4, 0.5) is 17.3 Å². The Bertz CT molecular complexity index is 1120. The lowest BCUT2D eigenvalue weighted by Gasteiger charge is -2.17. The fourth-order valence-corrected chi connectivity index (χ4v) is 3.43. The summed E-state index contributed by atoms with van der Waals surface area (Å²) in [6.45, 7) is 13.5. The van der Waals surface area contributed by atoms with Crippen molar-refractivity contribution in [2.45, 2.75) is 51.6 Å². The molecule has 3 aromatic heterocycles. The molecule has 1 aliphatic carbocycles. The van der Waals surface area contributed by atoms with E-state index in [9.17, 15) is 5.11 Å². The van der Waals surface area contributed by atoms with E-state index in [1.54, 1.807) is 18.4 Å². The zero-order valence-corrected chi connectivity index (χ0v) is 16.9. The van der Waals surface area contributed by atoms with E-state index in [2.05, 4.69) is 25.2 Å². The maximum absolute atomic E-state index is 10.1. The Kier molecular flexibility index (Phi) is 4.63. The van der Waals surface area contributed by atoms with Gasteiger partial charge < -0.3 is 16.2 Å². The van der Waals surface area contributed by atoms with Crippen LogP contribution in [0.3, 0.4) is 0 Å². The highest BCUT2D eigenvalue weighted by molar-refractivity contribution is 5.80. The standard InChI is InChI=1S/C21H25N7O/c1-12-16(13-8-9-13)27-28-18(22)17(23-4)19(26-20(12)28)24-11-10-14-6-5-7-15(25-14)21(2,3)29/h5-7,13,29H,8-11,22H2,1-3H3,(H,24,26). The number of aryl methyl sites for hydroxylation is 1. The van der Waals surface area contributed by atoms with Gasteiger partial charge in [0.25, 0.3) is 5.69 Å². The van der Waals surface area contributed by atoms with Crippen molar-refractivity contribution in [1.29, 1.82) is 0 Å². The van der Waals surface area contributed by atoms with Crippen LogP contribution in [-0.2, 0) is 12.0 Å². The number of aromatic nitrogens is 4. The summed E-state index contributed by atoms with van der Waals surface area (Å²) in [5.74, 6) is 1.26. The third kappa shape index (κ3) is 3.61. The van der Waals surface area contributed by atoms with Gasteiger partial charge in [-0.05, 0) is 45.7 Å². The Hall–Kier alpha value is -3.18. The van der Waals surface area contributed by atoms with Gasteiger partial charge in [-0.2, -0.15) is 5.10 Å². The zero-order valence-electron chi connectivity index (χ0n) is 16.9. The Balaban J connectivity index is 1.58. The van der Waals surface area contributed by atoms with Gasteiger partial charge in [-0.25, -0.2) is 14.3 Å². The SMILES string of the molecule is [C-]#[N+]c1c(NCCc2cccc(C(C)(C)O)n2)nc2c(C)c(C3CC3)nn2c1N. The molecular formula is C21H25N7O. The van der Waals surface area contributed by atoms with E-state index in [1.807, 2.05) is 25.1 Å². The van der Waals surface area contributed by atoms with Crippen molar-refractivity contribution in [2.24, 2.45) is 0 Å². The topological polar surface area (TPSA) is 106 Å². The molecule has 0 unspecified atom stereocenters. The van der Waals surface area contributed by atoms with Gasteiger partial charge in [0.15, 0.2) is 5.65 Å². The predicted octanol–water partition coefficient (Wildman–Crippen LogP) is 3.33. The van der Waals surface area contributed by atoms with Crippen molar-refractivity contribution in [3.63, 3.8) is 0 Å². The van der Waals surface area contributed by atoms with Crippen molar-refractivity contribution < 1.29 is 5.11 Å². The number of anilines is 2. The first-order valence-corrected chi connectivity index (χ1v) is 9.78. The summed E-state index contributed by atoms with van der Waals surface area (Å²) in [5.41, 5.74) is 9.78. The Morgan fingerprint density at radius 1 is 1.34 bits per heavy atom. The minimum absolute atomic E-state index is 0.278. The van der Waals surface area contributed by atoms with Gasteiger partial charge in [0.05, 0.1) is 18.0 Å². The van der Waals surface area contributed by atoms with Gasteiger partial charge in [-0.3, -0.25) is 4.98 Å². The van der Waals surface area contributed by atoms with Crippen LogP contribution < -0.4 is 11.1 Å². The fourth-order valence-electron chi connectivity index (χ4n) is 3.43. The summed E-state index contributed by atoms with van der Waals surface area (Å²) in [5, 5.41) is 18.0. The Morgan fingerprint density at radius 2 is 2.10 bits per heavy atom. The van der Waals surface area contributed by atoms with Gasteiger partial charge in [0, 0.05) is 30.1 Å². The largest absolute Gasteiger partial charge is 0.392 e. The van der Waals surface area contributed by atoms with Crippen LogP contribution in [0.25, 0.3) is 10.5 Å². The lowest BCUT2D eigenvalue weighted by Crippen LogP contribution is -2.18. The molecule has 150 valence electrons. The number of rotatable bonds is 6. The van der Waals surface area contributed by atoms with Gasteiger partial charge in [0.1, 0.15) is 17.2 Å². The van der Waals surface area contributed by atoms with Crippen molar-refractivity contribution >= 4 is 23.0 Å². The summed E-state index contributed by atoms with van der Waals surface area (Å²) < 4.78 is 1.59. The fraction of sp³-hybridized carbons (Fsp3) is 0.429. The Labute approximate surface area is 169 Å². The summed E-state index contributed by atoms with van der Waals surface area (Å²) in [6, 6.07) is 5.61. The third-order valence-corrected chi connectivity index (χ3v) is 5.22. The lowest BCUT2D eigenvalue weighted by atomic mass is 10.0. The van der Waals surface area contributed by atoms with Crippen molar-refractivity contribution in [3.05, 3.63) is 52.3 Å². The van der Waals surface area contributed by atoms with Crippen LogP contribution in [0.2, 0.25) is 0 Å². The van der Waals surface area contributed by atoms with Crippen LogP contribution in [0.15, 0.2) is 18.2 Å². The van der Waals surface area contributed by atoms with E-state index in [0.717, 1.165) is 29.8 Å². The molecule has 3 aromatic rings. The van der Waals surface area contributed by atoms with Crippen LogP contribution >= 0.6 is 0 Å². The molecule has 29 heavy (non-hydrogen) atoms. The molecule has 4 N–H and O–H groups in total.